The fourth-order valence-electron chi connectivity index (χ4n) is 2.94. The summed E-state index contributed by atoms with van der Waals surface area (Å²) in [4.78, 5) is 16.5. The number of carbonyl (C=O) groups is 1. The van der Waals surface area contributed by atoms with Crippen molar-refractivity contribution in [3.05, 3.63) is 59.4 Å². The first-order valence-electron chi connectivity index (χ1n) is 8.63. The number of carbonyl (C=O) groups excluding carboxylic acids is 1. The first-order valence-corrected chi connectivity index (χ1v) is 9.01. The monoisotopic (exact) mass is 376 g/mol. The molecule has 2 aromatic rings. The number of nitrogens with one attached hydrogen (secondary N) is 2. The van der Waals surface area contributed by atoms with E-state index in [0.29, 0.717) is 12.2 Å². The lowest BCUT2D eigenvalue weighted by Gasteiger charge is -2.36. The van der Waals surface area contributed by atoms with Crippen LogP contribution in [0.2, 0.25) is 5.02 Å². The summed E-state index contributed by atoms with van der Waals surface area (Å²) >= 11 is 6.05. The van der Waals surface area contributed by atoms with Crippen LogP contribution in [-0.2, 0) is 0 Å². The molecule has 1 aliphatic heterocycles. The second-order valence-electron chi connectivity index (χ2n) is 6.20. The van der Waals surface area contributed by atoms with Crippen molar-refractivity contribution >= 4 is 29.0 Å². The van der Waals surface area contributed by atoms with Gasteiger partial charge in [0.05, 0.1) is 0 Å². The molecule has 0 atom stereocenters. The highest BCUT2D eigenvalue weighted by Gasteiger charge is 2.17. The van der Waals surface area contributed by atoms with Crippen molar-refractivity contribution in [3.8, 4) is 0 Å². The maximum absolute atomic E-state index is 12.8. The van der Waals surface area contributed by atoms with Crippen molar-refractivity contribution in [2.24, 2.45) is 0 Å². The number of halogens is 2. The smallest absolute Gasteiger partial charge is 0.319 e. The summed E-state index contributed by atoms with van der Waals surface area (Å²) in [5.74, 6) is -0.326. The second-order valence-corrected chi connectivity index (χ2v) is 6.63. The number of hydrogen-bond acceptors (Lipinski definition) is 3. The molecular weight excluding hydrogens is 355 g/mol. The molecule has 1 aliphatic rings. The molecule has 3 rings (SSSR count). The Morgan fingerprint density at radius 2 is 1.81 bits per heavy atom. The molecule has 2 N–H and O–H groups in total. The van der Waals surface area contributed by atoms with Crippen LogP contribution in [-0.4, -0.2) is 50.2 Å². The molecule has 0 aromatic heterocycles. The van der Waals surface area contributed by atoms with Gasteiger partial charge >= 0.3 is 6.03 Å². The largest absolute Gasteiger partial charge is 0.369 e. The molecule has 0 bridgehead atoms. The number of piperazine rings is 1. The number of hydrogen-bond donors (Lipinski definition) is 2. The molecule has 0 aliphatic carbocycles. The molecule has 1 fully saturated rings. The first kappa shape index (κ1) is 18.5. The van der Waals surface area contributed by atoms with Gasteiger partial charge in [-0.25, -0.2) is 9.18 Å². The van der Waals surface area contributed by atoms with Crippen LogP contribution in [0.4, 0.5) is 20.6 Å². The number of anilines is 2. The van der Waals surface area contributed by atoms with Gasteiger partial charge in [-0.15, -0.1) is 0 Å². The summed E-state index contributed by atoms with van der Waals surface area (Å²) in [5.41, 5.74) is 1.72. The summed E-state index contributed by atoms with van der Waals surface area (Å²) in [6.07, 6.45) is 0. The van der Waals surface area contributed by atoms with Gasteiger partial charge in [0.1, 0.15) is 5.82 Å². The zero-order chi connectivity index (χ0) is 18.4. The predicted octanol–water partition coefficient (Wildman–Crippen LogP) is 3.42. The number of amides is 2. The zero-order valence-electron chi connectivity index (χ0n) is 14.4. The van der Waals surface area contributed by atoms with Crippen molar-refractivity contribution in [2.75, 3.05) is 49.5 Å². The Hall–Kier alpha value is -2.31. The normalized spacial score (nSPS) is 14.9. The van der Waals surface area contributed by atoms with Gasteiger partial charge in [-0.2, -0.15) is 0 Å². The molecule has 0 spiro atoms. The van der Waals surface area contributed by atoms with Gasteiger partial charge < -0.3 is 15.5 Å². The van der Waals surface area contributed by atoms with Gasteiger partial charge in [-0.05, 0) is 42.5 Å². The molecule has 5 nitrogen and oxygen atoms in total. The van der Waals surface area contributed by atoms with Gasteiger partial charge in [-0.1, -0.05) is 17.7 Å². The second kappa shape index (κ2) is 8.87. The van der Waals surface area contributed by atoms with E-state index in [-0.39, 0.29) is 11.8 Å². The van der Waals surface area contributed by atoms with E-state index in [1.54, 1.807) is 0 Å². The topological polar surface area (TPSA) is 47.6 Å². The van der Waals surface area contributed by atoms with E-state index in [9.17, 15) is 9.18 Å². The molecule has 0 radical (unpaired) electrons. The molecule has 7 heteroatoms. The fraction of sp³-hybridized carbons (Fsp3) is 0.316. The van der Waals surface area contributed by atoms with Crippen LogP contribution >= 0.6 is 11.6 Å². The Morgan fingerprint density at radius 1 is 1.08 bits per heavy atom. The van der Waals surface area contributed by atoms with E-state index in [1.165, 1.54) is 24.3 Å². The Balaban J connectivity index is 1.36. The van der Waals surface area contributed by atoms with E-state index in [4.69, 9.17) is 11.6 Å². The van der Waals surface area contributed by atoms with Crippen molar-refractivity contribution in [2.45, 2.75) is 0 Å². The SMILES string of the molecule is O=C(NCCN1CCN(c2cccc(Cl)c2)CC1)Nc1ccc(F)cc1. The van der Waals surface area contributed by atoms with Crippen LogP contribution in [0.1, 0.15) is 0 Å². The standard InChI is InChI=1S/C19H22ClFN4O/c20-15-2-1-3-18(14-15)25-12-10-24(11-13-25)9-8-22-19(26)23-17-6-4-16(21)5-7-17/h1-7,14H,8-13H2,(H2,22,23,26). The van der Waals surface area contributed by atoms with Crippen LogP contribution in [0.15, 0.2) is 48.5 Å². The molecule has 138 valence electrons. The zero-order valence-corrected chi connectivity index (χ0v) is 15.2. The molecule has 2 aromatic carbocycles. The Bertz CT molecular complexity index is 733. The number of benzene rings is 2. The van der Waals surface area contributed by atoms with E-state index in [2.05, 4.69) is 26.5 Å². The Labute approximate surface area is 157 Å². The highest BCUT2D eigenvalue weighted by molar-refractivity contribution is 6.30. The van der Waals surface area contributed by atoms with E-state index in [1.807, 2.05) is 18.2 Å². The van der Waals surface area contributed by atoms with E-state index in [0.717, 1.165) is 43.4 Å². The van der Waals surface area contributed by atoms with Crippen LogP contribution < -0.4 is 15.5 Å². The third kappa shape index (κ3) is 5.34. The highest BCUT2D eigenvalue weighted by atomic mass is 35.5. The van der Waals surface area contributed by atoms with Crippen LogP contribution in [0.25, 0.3) is 0 Å². The van der Waals surface area contributed by atoms with Gasteiger partial charge in [0.15, 0.2) is 0 Å². The third-order valence-electron chi connectivity index (χ3n) is 4.36. The number of urea groups is 1. The molecule has 0 saturated carbocycles. The first-order chi connectivity index (χ1) is 12.6. The molecule has 2 amide bonds. The predicted molar refractivity (Wildman–Crippen MR) is 104 cm³/mol. The Kier molecular flexibility index (Phi) is 6.30. The van der Waals surface area contributed by atoms with Crippen molar-refractivity contribution in [1.29, 1.82) is 0 Å². The summed E-state index contributed by atoms with van der Waals surface area (Å²) in [6.45, 7) is 5.09. The summed E-state index contributed by atoms with van der Waals surface area (Å²) < 4.78 is 12.8. The number of nitrogens with zero attached hydrogens (tertiary/aromatic N) is 2. The fourth-order valence-corrected chi connectivity index (χ4v) is 3.12. The minimum absolute atomic E-state index is 0.283. The number of rotatable bonds is 5. The molecular formula is C19H22ClFN4O. The average molecular weight is 377 g/mol. The van der Waals surface area contributed by atoms with E-state index >= 15 is 0 Å². The van der Waals surface area contributed by atoms with Gasteiger partial charge in [0.2, 0.25) is 0 Å². The summed E-state index contributed by atoms with van der Waals surface area (Å²) in [6, 6.07) is 13.3. The van der Waals surface area contributed by atoms with Gasteiger partial charge in [-0.3, -0.25) is 4.90 Å². The van der Waals surface area contributed by atoms with Gasteiger partial charge in [0.25, 0.3) is 0 Å². The average Bonchev–Trinajstić information content (AvgIpc) is 2.64. The Morgan fingerprint density at radius 3 is 2.50 bits per heavy atom. The maximum atomic E-state index is 12.8. The highest BCUT2D eigenvalue weighted by Crippen LogP contribution is 2.20. The van der Waals surface area contributed by atoms with Crippen LogP contribution in [0, 0.1) is 5.82 Å². The summed E-state index contributed by atoms with van der Waals surface area (Å²) in [5, 5.41) is 6.26. The van der Waals surface area contributed by atoms with Crippen molar-refractivity contribution in [1.82, 2.24) is 10.2 Å². The van der Waals surface area contributed by atoms with Crippen LogP contribution in [0.3, 0.4) is 0 Å². The van der Waals surface area contributed by atoms with Crippen molar-refractivity contribution in [3.63, 3.8) is 0 Å². The molecule has 0 unspecified atom stereocenters. The molecule has 1 heterocycles. The lowest BCUT2D eigenvalue weighted by atomic mass is 10.2. The quantitative estimate of drug-likeness (QED) is 0.840. The third-order valence-corrected chi connectivity index (χ3v) is 4.60. The minimum atomic E-state index is -0.326. The summed E-state index contributed by atoms with van der Waals surface area (Å²) in [7, 11) is 0. The van der Waals surface area contributed by atoms with Gasteiger partial charge in [0, 0.05) is 55.7 Å². The minimum Gasteiger partial charge on any atom is -0.369 e. The van der Waals surface area contributed by atoms with Crippen LogP contribution in [0.5, 0.6) is 0 Å². The molecule has 1 saturated heterocycles. The lowest BCUT2D eigenvalue weighted by Crippen LogP contribution is -2.48. The maximum Gasteiger partial charge on any atom is 0.319 e. The molecule has 26 heavy (non-hydrogen) atoms. The lowest BCUT2D eigenvalue weighted by molar-refractivity contribution is 0.240. The van der Waals surface area contributed by atoms with E-state index < -0.39 is 0 Å². The van der Waals surface area contributed by atoms with Crippen molar-refractivity contribution < 1.29 is 9.18 Å².